The maximum absolute atomic E-state index is 5.69. The van der Waals surface area contributed by atoms with Crippen LogP contribution in [-0.4, -0.2) is 6.61 Å². The van der Waals surface area contributed by atoms with Crippen molar-refractivity contribution in [3.8, 4) is 5.75 Å². The van der Waals surface area contributed by atoms with Crippen molar-refractivity contribution in [1.29, 1.82) is 0 Å². The Hall–Kier alpha value is -1.50. The van der Waals surface area contributed by atoms with Gasteiger partial charge in [-0.05, 0) is 24.5 Å². The lowest BCUT2D eigenvalue weighted by molar-refractivity contribution is 0.299. The van der Waals surface area contributed by atoms with Gasteiger partial charge in [-0.2, -0.15) is 0 Å². The molecule has 1 atom stereocenters. The van der Waals surface area contributed by atoms with Gasteiger partial charge in [-0.25, -0.2) is 0 Å². The first-order valence-electron chi connectivity index (χ1n) is 5.41. The second-order valence-electron chi connectivity index (χ2n) is 4.30. The number of hydrogen-bond donors (Lipinski definition) is 0. The molecule has 76 valence electrons. The van der Waals surface area contributed by atoms with Crippen molar-refractivity contribution in [2.45, 2.75) is 18.3 Å². The number of allylic oxidation sites excluding steroid dienone is 2. The van der Waals surface area contributed by atoms with Crippen LogP contribution in [0.1, 0.15) is 18.4 Å². The Balaban J connectivity index is 2.22. The number of rotatable bonds is 0. The highest BCUT2D eigenvalue weighted by atomic mass is 16.5. The first kappa shape index (κ1) is 8.78. The molecule has 0 N–H and O–H groups in total. The van der Waals surface area contributed by atoms with Crippen molar-refractivity contribution < 1.29 is 4.74 Å². The molecule has 1 nitrogen and oxygen atoms in total. The largest absolute Gasteiger partial charge is 0.489 e. The van der Waals surface area contributed by atoms with E-state index in [2.05, 4.69) is 36.9 Å². The number of benzene rings is 1. The molecule has 1 heteroatoms. The fourth-order valence-corrected chi connectivity index (χ4v) is 2.64. The Morgan fingerprint density at radius 3 is 2.93 bits per heavy atom. The second-order valence-corrected chi connectivity index (χ2v) is 4.30. The van der Waals surface area contributed by atoms with Crippen molar-refractivity contribution in [3.63, 3.8) is 0 Å². The highest BCUT2D eigenvalue weighted by molar-refractivity contribution is 5.53. The molecule has 3 rings (SSSR count). The van der Waals surface area contributed by atoms with E-state index in [1.165, 1.54) is 11.1 Å². The van der Waals surface area contributed by atoms with E-state index in [0.29, 0.717) is 6.61 Å². The third kappa shape index (κ3) is 1.09. The van der Waals surface area contributed by atoms with Crippen LogP contribution in [0.5, 0.6) is 5.75 Å². The standard InChI is InChI=1S/C14H14O/c1-11-10-15-13-7-3-2-6-12(13)14(11)8-4-5-9-14/h2-4,6-8H,1,5,9-10H2. The topological polar surface area (TPSA) is 9.23 Å². The summed E-state index contributed by atoms with van der Waals surface area (Å²) in [6.07, 6.45) is 6.85. The van der Waals surface area contributed by atoms with Crippen LogP contribution in [0.2, 0.25) is 0 Å². The minimum atomic E-state index is 0.0643. The zero-order chi connectivity index (χ0) is 10.3. The summed E-state index contributed by atoms with van der Waals surface area (Å²) < 4.78 is 5.69. The SMILES string of the molecule is C=C1COc2ccccc2C12C=CCC2. The number of para-hydroxylation sites is 1. The van der Waals surface area contributed by atoms with Gasteiger partial charge in [0.05, 0.1) is 0 Å². The minimum Gasteiger partial charge on any atom is -0.489 e. The van der Waals surface area contributed by atoms with Gasteiger partial charge in [-0.15, -0.1) is 0 Å². The Bertz CT molecular complexity index is 444. The van der Waals surface area contributed by atoms with E-state index in [4.69, 9.17) is 4.74 Å². The van der Waals surface area contributed by atoms with E-state index in [1.54, 1.807) is 0 Å². The van der Waals surface area contributed by atoms with E-state index >= 15 is 0 Å². The molecule has 0 bridgehead atoms. The van der Waals surface area contributed by atoms with Gasteiger partial charge in [0.15, 0.2) is 0 Å². The highest BCUT2D eigenvalue weighted by Gasteiger charge is 2.39. The van der Waals surface area contributed by atoms with E-state index in [-0.39, 0.29) is 5.41 Å². The van der Waals surface area contributed by atoms with E-state index in [0.717, 1.165) is 18.6 Å². The molecule has 1 aromatic carbocycles. The van der Waals surface area contributed by atoms with Gasteiger partial charge in [-0.1, -0.05) is 36.9 Å². The van der Waals surface area contributed by atoms with E-state index in [9.17, 15) is 0 Å². The first-order valence-corrected chi connectivity index (χ1v) is 5.41. The molecule has 15 heavy (non-hydrogen) atoms. The third-order valence-corrected chi connectivity index (χ3v) is 3.51. The lowest BCUT2D eigenvalue weighted by Crippen LogP contribution is -2.31. The fourth-order valence-electron chi connectivity index (χ4n) is 2.64. The molecule has 0 saturated heterocycles. The van der Waals surface area contributed by atoms with Crippen molar-refractivity contribution in [2.24, 2.45) is 0 Å². The van der Waals surface area contributed by atoms with Crippen molar-refractivity contribution >= 4 is 0 Å². The summed E-state index contributed by atoms with van der Waals surface area (Å²) in [6, 6.07) is 8.32. The molecule has 0 saturated carbocycles. The molecule has 1 spiro atoms. The molecule has 1 aliphatic carbocycles. The summed E-state index contributed by atoms with van der Waals surface area (Å²) in [4.78, 5) is 0. The Kier molecular flexibility index (Phi) is 1.75. The summed E-state index contributed by atoms with van der Waals surface area (Å²) in [5.74, 6) is 1.02. The van der Waals surface area contributed by atoms with Crippen LogP contribution >= 0.6 is 0 Å². The maximum atomic E-state index is 5.69. The average Bonchev–Trinajstić information content (AvgIpc) is 2.75. The van der Waals surface area contributed by atoms with Crippen LogP contribution in [0, 0.1) is 0 Å². The van der Waals surface area contributed by atoms with Gasteiger partial charge in [0.1, 0.15) is 12.4 Å². The lowest BCUT2D eigenvalue weighted by Gasteiger charge is -2.36. The van der Waals surface area contributed by atoms with Gasteiger partial charge in [0.2, 0.25) is 0 Å². The van der Waals surface area contributed by atoms with Gasteiger partial charge in [-0.3, -0.25) is 0 Å². The number of hydrogen-bond acceptors (Lipinski definition) is 1. The van der Waals surface area contributed by atoms with Crippen LogP contribution in [0.25, 0.3) is 0 Å². The molecular formula is C14H14O. The predicted octanol–water partition coefficient (Wildman–Crippen LogP) is 3.22. The zero-order valence-electron chi connectivity index (χ0n) is 8.70. The molecule has 0 radical (unpaired) electrons. The molecule has 1 aromatic rings. The van der Waals surface area contributed by atoms with Gasteiger partial charge >= 0.3 is 0 Å². The van der Waals surface area contributed by atoms with Crippen molar-refractivity contribution in [1.82, 2.24) is 0 Å². The molecule has 1 unspecified atom stereocenters. The van der Waals surface area contributed by atoms with Gasteiger partial charge in [0.25, 0.3) is 0 Å². The minimum absolute atomic E-state index is 0.0643. The summed E-state index contributed by atoms with van der Waals surface area (Å²) in [6.45, 7) is 4.83. The normalized spacial score (nSPS) is 27.9. The van der Waals surface area contributed by atoms with Crippen LogP contribution < -0.4 is 4.74 Å². The summed E-state index contributed by atoms with van der Waals surface area (Å²) in [5.41, 5.74) is 2.54. The highest BCUT2D eigenvalue weighted by Crippen LogP contribution is 2.47. The van der Waals surface area contributed by atoms with E-state index in [1.807, 2.05) is 6.07 Å². The summed E-state index contributed by atoms with van der Waals surface area (Å²) in [7, 11) is 0. The van der Waals surface area contributed by atoms with Crippen molar-refractivity contribution in [2.75, 3.05) is 6.61 Å². The number of ether oxygens (including phenoxy) is 1. The van der Waals surface area contributed by atoms with Crippen LogP contribution in [0.3, 0.4) is 0 Å². The first-order chi connectivity index (χ1) is 7.33. The monoisotopic (exact) mass is 198 g/mol. The maximum Gasteiger partial charge on any atom is 0.124 e. The zero-order valence-corrected chi connectivity index (χ0v) is 8.70. The summed E-state index contributed by atoms with van der Waals surface area (Å²) >= 11 is 0. The van der Waals surface area contributed by atoms with Crippen LogP contribution in [-0.2, 0) is 5.41 Å². The lowest BCUT2D eigenvalue weighted by atomic mass is 9.73. The number of fused-ring (bicyclic) bond motifs is 2. The smallest absolute Gasteiger partial charge is 0.124 e. The average molecular weight is 198 g/mol. The molecule has 2 aliphatic rings. The predicted molar refractivity (Wildman–Crippen MR) is 61.1 cm³/mol. The van der Waals surface area contributed by atoms with E-state index < -0.39 is 0 Å². The molecule has 0 aromatic heterocycles. The Morgan fingerprint density at radius 2 is 2.13 bits per heavy atom. The van der Waals surface area contributed by atoms with Crippen LogP contribution in [0.15, 0.2) is 48.6 Å². The molecule has 1 heterocycles. The fraction of sp³-hybridized carbons (Fsp3) is 0.286. The quantitative estimate of drug-likeness (QED) is 0.581. The molecule has 0 fully saturated rings. The second kappa shape index (κ2) is 2.99. The molecule has 1 aliphatic heterocycles. The van der Waals surface area contributed by atoms with Gasteiger partial charge in [0, 0.05) is 11.0 Å². The van der Waals surface area contributed by atoms with Crippen LogP contribution in [0.4, 0.5) is 0 Å². The Labute approximate surface area is 90.1 Å². The van der Waals surface area contributed by atoms with Gasteiger partial charge < -0.3 is 4.74 Å². The van der Waals surface area contributed by atoms with Crippen molar-refractivity contribution in [3.05, 3.63) is 54.1 Å². The Morgan fingerprint density at radius 1 is 1.27 bits per heavy atom. The molecular weight excluding hydrogens is 184 g/mol. The third-order valence-electron chi connectivity index (χ3n) is 3.51. The summed E-state index contributed by atoms with van der Waals surface area (Å²) in [5, 5.41) is 0. The molecule has 0 amide bonds.